The number of anilines is 2. The third-order valence-corrected chi connectivity index (χ3v) is 3.87. The number of carbonyl (C=O) groups is 1. The summed E-state index contributed by atoms with van der Waals surface area (Å²) in [5.41, 5.74) is 2.01. The summed E-state index contributed by atoms with van der Waals surface area (Å²) in [6, 6.07) is 8.52. The van der Waals surface area contributed by atoms with Crippen LogP contribution in [0.2, 0.25) is 0 Å². The predicted molar refractivity (Wildman–Crippen MR) is 83.9 cm³/mol. The molecule has 0 bridgehead atoms. The lowest BCUT2D eigenvalue weighted by Gasteiger charge is -2.22. The Morgan fingerprint density at radius 1 is 1.33 bits per heavy atom. The van der Waals surface area contributed by atoms with Crippen LogP contribution in [0.25, 0.3) is 0 Å². The molecule has 1 N–H and O–H groups in total. The number of nitrogens with zero attached hydrogens (tertiary/aromatic N) is 3. The van der Waals surface area contributed by atoms with Crippen molar-refractivity contribution in [2.24, 2.45) is 0 Å². The van der Waals surface area contributed by atoms with Crippen LogP contribution in [0.3, 0.4) is 0 Å². The molecule has 1 amide bonds. The highest BCUT2D eigenvalue weighted by Crippen LogP contribution is 2.28. The summed E-state index contributed by atoms with van der Waals surface area (Å²) in [5.74, 6) is 0.109. The molecule has 3 rings (SSSR count). The Bertz CT molecular complexity index is 741. The van der Waals surface area contributed by atoms with Gasteiger partial charge in [-0.25, -0.2) is 0 Å². The van der Waals surface area contributed by atoms with Gasteiger partial charge in [0, 0.05) is 24.5 Å². The number of rotatable bonds is 4. The van der Waals surface area contributed by atoms with Crippen LogP contribution in [0.15, 0.2) is 36.5 Å². The number of fused-ring (bicyclic) bond motifs is 1. The molecule has 128 valence electrons. The summed E-state index contributed by atoms with van der Waals surface area (Å²) >= 11 is 0. The van der Waals surface area contributed by atoms with Crippen LogP contribution >= 0.6 is 0 Å². The summed E-state index contributed by atoms with van der Waals surface area (Å²) in [5, 5.41) is 6.67. The van der Waals surface area contributed by atoms with Gasteiger partial charge in [-0.2, -0.15) is 18.3 Å². The molecule has 8 heteroatoms. The van der Waals surface area contributed by atoms with Crippen molar-refractivity contribution in [1.29, 1.82) is 0 Å². The van der Waals surface area contributed by atoms with Crippen LogP contribution in [0.4, 0.5) is 24.7 Å². The number of nitrogens with one attached hydrogen (secondary N) is 1. The van der Waals surface area contributed by atoms with Crippen molar-refractivity contribution >= 4 is 17.4 Å². The second-order valence-electron chi connectivity index (χ2n) is 5.75. The van der Waals surface area contributed by atoms with E-state index in [1.807, 2.05) is 24.3 Å². The molecule has 0 radical (unpaired) electrons. The van der Waals surface area contributed by atoms with Gasteiger partial charge in [-0.3, -0.25) is 9.48 Å². The summed E-state index contributed by atoms with van der Waals surface area (Å²) < 4.78 is 37.8. The molecule has 1 atom stereocenters. The summed E-state index contributed by atoms with van der Waals surface area (Å²) in [6.45, 7) is 1.12. The molecule has 2 heterocycles. The molecule has 24 heavy (non-hydrogen) atoms. The molecule has 0 unspecified atom stereocenters. The smallest absolute Gasteiger partial charge is 0.357 e. The van der Waals surface area contributed by atoms with Gasteiger partial charge >= 0.3 is 6.18 Å². The quantitative estimate of drug-likeness (QED) is 0.933. The van der Waals surface area contributed by atoms with Gasteiger partial charge in [0.2, 0.25) is 5.91 Å². The number of para-hydroxylation sites is 1. The molecule has 0 spiro atoms. The highest BCUT2D eigenvalue weighted by atomic mass is 19.4. The van der Waals surface area contributed by atoms with Crippen LogP contribution < -0.4 is 10.2 Å². The van der Waals surface area contributed by atoms with Crippen molar-refractivity contribution in [2.45, 2.75) is 32.1 Å². The van der Waals surface area contributed by atoms with Gasteiger partial charge in [-0.1, -0.05) is 18.2 Å². The van der Waals surface area contributed by atoms with E-state index in [0.717, 1.165) is 22.4 Å². The molecule has 0 saturated carbocycles. The lowest BCUT2D eigenvalue weighted by Crippen LogP contribution is -2.40. The topological polar surface area (TPSA) is 50.2 Å². The molecule has 2 aromatic rings. The third kappa shape index (κ3) is 3.52. The summed E-state index contributed by atoms with van der Waals surface area (Å²) in [6.07, 6.45) is -2.29. The number of aromatic nitrogens is 2. The van der Waals surface area contributed by atoms with Gasteiger partial charge in [-0.15, -0.1) is 0 Å². The van der Waals surface area contributed by atoms with Crippen molar-refractivity contribution < 1.29 is 18.0 Å². The van der Waals surface area contributed by atoms with Crippen molar-refractivity contribution in [1.82, 2.24) is 9.78 Å². The maximum Gasteiger partial charge on any atom is 0.408 e. The zero-order chi connectivity index (χ0) is 17.3. The van der Waals surface area contributed by atoms with Crippen LogP contribution in [0.5, 0.6) is 0 Å². The fourth-order valence-electron chi connectivity index (χ4n) is 2.79. The first-order valence-electron chi connectivity index (χ1n) is 7.59. The van der Waals surface area contributed by atoms with Crippen molar-refractivity contribution in [3.63, 3.8) is 0 Å². The molecule has 1 aliphatic rings. The Balaban J connectivity index is 1.65. The Hall–Kier alpha value is -2.51. The van der Waals surface area contributed by atoms with Gasteiger partial charge < -0.3 is 10.2 Å². The minimum atomic E-state index is -4.33. The monoisotopic (exact) mass is 338 g/mol. The zero-order valence-corrected chi connectivity index (χ0v) is 13.0. The number of halogens is 3. The summed E-state index contributed by atoms with van der Waals surface area (Å²) in [4.78, 5) is 14.3. The lowest BCUT2D eigenvalue weighted by atomic mass is 10.2. The maximum atomic E-state index is 12.6. The van der Waals surface area contributed by atoms with Crippen LogP contribution in [-0.2, 0) is 17.8 Å². The second kappa shape index (κ2) is 6.18. The maximum absolute atomic E-state index is 12.6. The van der Waals surface area contributed by atoms with Crippen LogP contribution in [0.1, 0.15) is 12.5 Å². The van der Waals surface area contributed by atoms with E-state index in [0.29, 0.717) is 6.54 Å². The molecule has 1 aromatic heterocycles. The molecule has 1 aliphatic heterocycles. The highest BCUT2D eigenvalue weighted by molar-refractivity contribution is 6.00. The number of hydrogen-bond acceptors (Lipinski definition) is 3. The molecule has 0 fully saturated rings. The third-order valence-electron chi connectivity index (χ3n) is 3.87. The first kappa shape index (κ1) is 16.4. The first-order chi connectivity index (χ1) is 11.3. The SMILES string of the molecule is C[C@H](Nc1ccn(CC(F)(F)F)n1)C(=O)N1CCc2ccccc21. The Kier molecular flexibility index (Phi) is 4.21. The molecule has 1 aromatic carbocycles. The molecular formula is C16H17F3N4O. The zero-order valence-electron chi connectivity index (χ0n) is 13.0. The van der Waals surface area contributed by atoms with Crippen LogP contribution in [0, 0.1) is 0 Å². The number of hydrogen-bond donors (Lipinski definition) is 1. The number of amides is 1. The molecular weight excluding hydrogens is 321 g/mol. The standard InChI is InChI=1S/C16H17F3N4O/c1-11(20-14-7-8-22(21-14)10-16(17,18)19)15(24)23-9-6-12-4-2-3-5-13(12)23/h2-5,7-8,11H,6,9-10H2,1H3,(H,20,21)/t11-/m0/s1. The van der Waals surface area contributed by atoms with E-state index in [1.165, 1.54) is 12.3 Å². The minimum absolute atomic E-state index is 0.134. The number of carbonyl (C=O) groups excluding carboxylic acids is 1. The normalized spacial score (nSPS) is 15.2. The first-order valence-corrected chi connectivity index (χ1v) is 7.59. The Morgan fingerprint density at radius 2 is 2.08 bits per heavy atom. The Labute approximate surface area is 137 Å². The van der Waals surface area contributed by atoms with E-state index in [2.05, 4.69) is 10.4 Å². The predicted octanol–water partition coefficient (Wildman–Crippen LogP) is 2.84. The van der Waals surface area contributed by atoms with Crippen molar-refractivity contribution in [3.8, 4) is 0 Å². The Morgan fingerprint density at radius 3 is 2.83 bits per heavy atom. The van der Waals surface area contributed by atoms with Gasteiger partial charge in [0.05, 0.1) is 0 Å². The minimum Gasteiger partial charge on any atom is -0.357 e. The van der Waals surface area contributed by atoms with Gasteiger partial charge in [-0.05, 0) is 25.0 Å². The summed E-state index contributed by atoms with van der Waals surface area (Å²) in [7, 11) is 0. The molecule has 0 saturated heterocycles. The lowest BCUT2D eigenvalue weighted by molar-refractivity contribution is -0.142. The van der Waals surface area contributed by atoms with Crippen molar-refractivity contribution in [2.75, 3.05) is 16.8 Å². The molecule has 0 aliphatic carbocycles. The largest absolute Gasteiger partial charge is 0.408 e. The van der Waals surface area contributed by atoms with Crippen molar-refractivity contribution in [3.05, 3.63) is 42.1 Å². The van der Waals surface area contributed by atoms with E-state index in [9.17, 15) is 18.0 Å². The number of benzene rings is 1. The number of alkyl halides is 3. The second-order valence-corrected chi connectivity index (χ2v) is 5.75. The van der Waals surface area contributed by atoms with E-state index in [-0.39, 0.29) is 11.7 Å². The van der Waals surface area contributed by atoms with Gasteiger partial charge in [0.1, 0.15) is 18.4 Å². The van der Waals surface area contributed by atoms with E-state index in [1.54, 1.807) is 11.8 Å². The van der Waals surface area contributed by atoms with E-state index >= 15 is 0 Å². The van der Waals surface area contributed by atoms with Crippen LogP contribution in [-0.4, -0.2) is 34.5 Å². The molecule has 5 nitrogen and oxygen atoms in total. The fourth-order valence-corrected chi connectivity index (χ4v) is 2.79. The van der Waals surface area contributed by atoms with Gasteiger partial charge in [0.25, 0.3) is 0 Å². The average molecular weight is 338 g/mol. The fraction of sp³-hybridized carbons (Fsp3) is 0.375. The van der Waals surface area contributed by atoms with Gasteiger partial charge in [0.15, 0.2) is 0 Å². The highest BCUT2D eigenvalue weighted by Gasteiger charge is 2.29. The van der Waals surface area contributed by atoms with E-state index in [4.69, 9.17) is 0 Å². The average Bonchev–Trinajstić information content (AvgIpc) is 3.11. The van der Waals surface area contributed by atoms with E-state index < -0.39 is 18.8 Å².